The number of benzene rings is 1. The second-order valence-electron chi connectivity index (χ2n) is 5.97. The minimum absolute atomic E-state index is 0.192. The molecule has 0 aliphatic carbocycles. The van der Waals surface area contributed by atoms with Crippen LogP contribution in [0.5, 0.6) is 5.75 Å². The Morgan fingerprint density at radius 2 is 2.04 bits per heavy atom. The molecule has 0 saturated heterocycles. The number of para-hydroxylation sites is 1. The third-order valence-electron chi connectivity index (χ3n) is 4.24. The van der Waals surface area contributed by atoms with Crippen molar-refractivity contribution in [1.82, 2.24) is 5.32 Å². The predicted molar refractivity (Wildman–Crippen MR) is 102 cm³/mol. The lowest BCUT2D eigenvalue weighted by Crippen LogP contribution is -2.31. The van der Waals surface area contributed by atoms with Gasteiger partial charge in [-0.05, 0) is 31.0 Å². The summed E-state index contributed by atoms with van der Waals surface area (Å²) in [6.07, 6.45) is -0.244. The van der Waals surface area contributed by atoms with Gasteiger partial charge in [0.15, 0.2) is 6.10 Å². The standard InChI is InChI=1S/C19H20N2O5S/c1-4-25-19(24)14-10(2)15(17(23)20-3)27-18(14)21-16(22)13-9-11-7-5-6-8-12(11)26-13/h5-8,13H,4,9H2,1-3H3,(H,20,23)(H,21,22)/t13-/m0/s1. The molecular weight excluding hydrogens is 368 g/mol. The Hall–Kier alpha value is -2.87. The molecule has 2 amide bonds. The highest BCUT2D eigenvalue weighted by atomic mass is 32.1. The van der Waals surface area contributed by atoms with Crippen LogP contribution in [0, 0.1) is 6.92 Å². The van der Waals surface area contributed by atoms with Gasteiger partial charge in [-0.25, -0.2) is 4.79 Å². The molecule has 1 aromatic heterocycles. The highest BCUT2D eigenvalue weighted by Gasteiger charge is 2.32. The van der Waals surface area contributed by atoms with Gasteiger partial charge in [-0.3, -0.25) is 9.59 Å². The fourth-order valence-corrected chi connectivity index (χ4v) is 4.05. The molecule has 8 heteroatoms. The van der Waals surface area contributed by atoms with Gasteiger partial charge < -0.3 is 20.1 Å². The summed E-state index contributed by atoms with van der Waals surface area (Å²) in [7, 11) is 1.51. The van der Waals surface area contributed by atoms with E-state index in [0.29, 0.717) is 22.6 Å². The van der Waals surface area contributed by atoms with Crippen LogP contribution in [0.25, 0.3) is 0 Å². The van der Waals surface area contributed by atoms with Crippen molar-refractivity contribution in [2.24, 2.45) is 0 Å². The molecule has 142 valence electrons. The zero-order valence-electron chi connectivity index (χ0n) is 15.3. The quantitative estimate of drug-likeness (QED) is 0.768. The van der Waals surface area contributed by atoms with Crippen molar-refractivity contribution in [2.45, 2.75) is 26.4 Å². The van der Waals surface area contributed by atoms with Crippen LogP contribution in [-0.4, -0.2) is 37.5 Å². The van der Waals surface area contributed by atoms with E-state index >= 15 is 0 Å². The molecule has 2 N–H and O–H groups in total. The van der Waals surface area contributed by atoms with E-state index in [9.17, 15) is 14.4 Å². The number of ether oxygens (including phenoxy) is 2. The van der Waals surface area contributed by atoms with E-state index < -0.39 is 12.1 Å². The van der Waals surface area contributed by atoms with Gasteiger partial charge in [0.25, 0.3) is 11.8 Å². The molecule has 3 rings (SSSR count). The Kier molecular flexibility index (Phi) is 5.46. The van der Waals surface area contributed by atoms with Gasteiger partial charge in [0.1, 0.15) is 10.8 Å². The lowest BCUT2D eigenvalue weighted by atomic mass is 10.1. The monoisotopic (exact) mass is 388 g/mol. The largest absolute Gasteiger partial charge is 0.480 e. The minimum atomic E-state index is -0.691. The average molecular weight is 388 g/mol. The van der Waals surface area contributed by atoms with Gasteiger partial charge in [0.05, 0.1) is 17.0 Å². The van der Waals surface area contributed by atoms with Crippen LogP contribution in [0.3, 0.4) is 0 Å². The SMILES string of the molecule is CCOC(=O)c1c(NC(=O)[C@@H]2Cc3ccccc3O2)sc(C(=O)NC)c1C. The predicted octanol–water partition coefficient (Wildman–Crippen LogP) is 2.54. The average Bonchev–Trinajstić information content (AvgIpc) is 3.22. The van der Waals surface area contributed by atoms with Gasteiger partial charge >= 0.3 is 5.97 Å². The van der Waals surface area contributed by atoms with Crippen molar-refractivity contribution < 1.29 is 23.9 Å². The summed E-state index contributed by atoms with van der Waals surface area (Å²) in [5.74, 6) is -0.599. The summed E-state index contributed by atoms with van der Waals surface area (Å²) in [6.45, 7) is 3.55. The number of amides is 2. The molecule has 27 heavy (non-hydrogen) atoms. The van der Waals surface area contributed by atoms with Crippen molar-refractivity contribution in [1.29, 1.82) is 0 Å². The van der Waals surface area contributed by atoms with E-state index in [1.54, 1.807) is 13.8 Å². The second kappa shape index (κ2) is 7.79. The molecule has 2 heterocycles. The van der Waals surface area contributed by atoms with Crippen LogP contribution in [0.15, 0.2) is 24.3 Å². The Morgan fingerprint density at radius 3 is 2.70 bits per heavy atom. The van der Waals surface area contributed by atoms with Crippen LogP contribution in [-0.2, 0) is 16.0 Å². The molecule has 1 aromatic carbocycles. The number of thiophene rings is 1. The number of hydrogen-bond acceptors (Lipinski definition) is 6. The van der Waals surface area contributed by atoms with E-state index in [2.05, 4.69) is 10.6 Å². The van der Waals surface area contributed by atoms with Crippen molar-refractivity contribution >= 4 is 34.1 Å². The number of rotatable bonds is 5. The lowest BCUT2D eigenvalue weighted by Gasteiger charge is -2.11. The van der Waals surface area contributed by atoms with E-state index in [1.807, 2.05) is 24.3 Å². The van der Waals surface area contributed by atoms with Crippen molar-refractivity contribution in [3.63, 3.8) is 0 Å². The lowest BCUT2D eigenvalue weighted by molar-refractivity contribution is -0.122. The number of anilines is 1. The van der Waals surface area contributed by atoms with Crippen LogP contribution < -0.4 is 15.4 Å². The number of hydrogen-bond donors (Lipinski definition) is 2. The topological polar surface area (TPSA) is 93.7 Å². The highest BCUT2D eigenvalue weighted by Crippen LogP contribution is 2.35. The van der Waals surface area contributed by atoms with Crippen LogP contribution in [0.1, 0.15) is 38.1 Å². The van der Waals surface area contributed by atoms with Gasteiger partial charge in [0, 0.05) is 13.5 Å². The molecule has 7 nitrogen and oxygen atoms in total. The van der Waals surface area contributed by atoms with Crippen LogP contribution >= 0.6 is 11.3 Å². The third-order valence-corrected chi connectivity index (χ3v) is 5.44. The Labute approximate surface area is 160 Å². The van der Waals surface area contributed by atoms with Gasteiger partial charge in [-0.15, -0.1) is 11.3 Å². The van der Waals surface area contributed by atoms with Crippen LogP contribution in [0.4, 0.5) is 5.00 Å². The fraction of sp³-hybridized carbons (Fsp3) is 0.316. The molecule has 1 atom stereocenters. The molecular formula is C19H20N2O5S. The van der Waals surface area contributed by atoms with Gasteiger partial charge in [-0.2, -0.15) is 0 Å². The normalized spacial score (nSPS) is 14.9. The first-order valence-electron chi connectivity index (χ1n) is 8.54. The van der Waals surface area contributed by atoms with Gasteiger partial charge in [-0.1, -0.05) is 18.2 Å². The number of carbonyl (C=O) groups is 3. The third kappa shape index (κ3) is 3.66. The Morgan fingerprint density at radius 1 is 1.30 bits per heavy atom. The molecule has 0 spiro atoms. The van der Waals surface area contributed by atoms with E-state index in [4.69, 9.17) is 9.47 Å². The molecule has 2 aromatic rings. The number of carbonyl (C=O) groups excluding carboxylic acids is 3. The first-order valence-corrected chi connectivity index (χ1v) is 9.35. The molecule has 0 radical (unpaired) electrons. The second-order valence-corrected chi connectivity index (χ2v) is 6.99. The Bertz CT molecular complexity index is 881. The van der Waals surface area contributed by atoms with Crippen molar-refractivity contribution in [3.8, 4) is 5.75 Å². The molecule has 0 unspecified atom stereocenters. The zero-order chi connectivity index (χ0) is 19.6. The molecule has 0 fully saturated rings. The maximum atomic E-state index is 12.7. The van der Waals surface area contributed by atoms with E-state index in [1.165, 1.54) is 7.05 Å². The highest BCUT2D eigenvalue weighted by molar-refractivity contribution is 7.18. The molecule has 0 bridgehead atoms. The molecule has 0 saturated carbocycles. The first kappa shape index (κ1) is 18.9. The maximum absolute atomic E-state index is 12.7. The molecule has 1 aliphatic heterocycles. The van der Waals surface area contributed by atoms with Gasteiger partial charge in [0.2, 0.25) is 0 Å². The Balaban J connectivity index is 1.86. The van der Waals surface area contributed by atoms with E-state index in [-0.39, 0.29) is 29.0 Å². The number of fused-ring (bicyclic) bond motifs is 1. The van der Waals surface area contributed by atoms with Crippen molar-refractivity contribution in [2.75, 3.05) is 19.0 Å². The number of esters is 1. The fourth-order valence-electron chi connectivity index (χ4n) is 2.90. The summed E-state index contributed by atoms with van der Waals surface area (Å²) in [4.78, 5) is 37.5. The summed E-state index contributed by atoms with van der Waals surface area (Å²) in [5, 5.41) is 5.56. The van der Waals surface area contributed by atoms with Crippen molar-refractivity contribution in [3.05, 3.63) is 45.8 Å². The summed E-state index contributed by atoms with van der Waals surface area (Å²) < 4.78 is 10.8. The number of nitrogens with one attached hydrogen (secondary N) is 2. The summed E-state index contributed by atoms with van der Waals surface area (Å²) in [5.41, 5.74) is 1.63. The maximum Gasteiger partial charge on any atom is 0.341 e. The summed E-state index contributed by atoms with van der Waals surface area (Å²) >= 11 is 1.04. The zero-order valence-corrected chi connectivity index (χ0v) is 16.1. The smallest absolute Gasteiger partial charge is 0.341 e. The first-order chi connectivity index (χ1) is 13.0. The molecule has 1 aliphatic rings. The van der Waals surface area contributed by atoms with E-state index in [0.717, 1.165) is 16.9 Å². The summed E-state index contributed by atoms with van der Waals surface area (Å²) in [6, 6.07) is 7.45. The van der Waals surface area contributed by atoms with Crippen LogP contribution in [0.2, 0.25) is 0 Å². The minimum Gasteiger partial charge on any atom is -0.480 e.